The fraction of sp³-hybridized carbons (Fsp3) is 0. The fourth-order valence-electron chi connectivity index (χ4n) is 1.73. The van der Waals surface area contributed by atoms with Crippen LogP contribution in [-0.4, -0.2) is 9.91 Å². The summed E-state index contributed by atoms with van der Waals surface area (Å²) < 4.78 is 0.836. The molecule has 0 amide bonds. The second-order valence-electron chi connectivity index (χ2n) is 3.79. The van der Waals surface area contributed by atoms with Crippen molar-refractivity contribution >= 4 is 27.2 Å². The molecule has 0 aliphatic rings. The quantitative estimate of drug-likeness (QED) is 0.516. The van der Waals surface area contributed by atoms with Crippen LogP contribution in [0, 0.1) is 10.1 Å². The van der Waals surface area contributed by atoms with Crippen molar-refractivity contribution in [3.63, 3.8) is 0 Å². The molecule has 4 nitrogen and oxygen atoms in total. The van der Waals surface area contributed by atoms with E-state index in [4.69, 9.17) is 0 Å². The standard InChI is InChI=1S/C13H8N2O2S/c16-15(17)10-6-7-11-12(8-10)18-13(14-11)9-4-2-1-3-5-9/h1-8H. The first-order valence-corrected chi connectivity index (χ1v) is 6.16. The Balaban J connectivity index is 2.14. The van der Waals surface area contributed by atoms with E-state index in [0.29, 0.717) is 0 Å². The van der Waals surface area contributed by atoms with Crippen molar-refractivity contribution in [2.24, 2.45) is 0 Å². The zero-order valence-corrected chi connectivity index (χ0v) is 10.1. The van der Waals surface area contributed by atoms with Crippen LogP contribution < -0.4 is 0 Å². The Morgan fingerprint density at radius 2 is 1.89 bits per heavy atom. The number of aromatic nitrogens is 1. The molecule has 0 spiro atoms. The zero-order valence-electron chi connectivity index (χ0n) is 9.24. The molecule has 0 saturated heterocycles. The molecule has 0 atom stereocenters. The number of nitro benzene ring substituents is 1. The molecule has 18 heavy (non-hydrogen) atoms. The van der Waals surface area contributed by atoms with Gasteiger partial charge in [-0.25, -0.2) is 4.98 Å². The molecule has 0 fully saturated rings. The maximum Gasteiger partial charge on any atom is 0.270 e. The number of nitrogens with zero attached hydrogens (tertiary/aromatic N) is 2. The molecule has 0 radical (unpaired) electrons. The largest absolute Gasteiger partial charge is 0.270 e. The molecule has 5 heteroatoms. The highest BCUT2D eigenvalue weighted by atomic mass is 32.1. The summed E-state index contributed by atoms with van der Waals surface area (Å²) in [5.74, 6) is 0. The van der Waals surface area contributed by atoms with E-state index in [-0.39, 0.29) is 10.6 Å². The van der Waals surface area contributed by atoms with E-state index >= 15 is 0 Å². The van der Waals surface area contributed by atoms with E-state index in [1.165, 1.54) is 17.4 Å². The summed E-state index contributed by atoms with van der Waals surface area (Å²) in [6.07, 6.45) is 0. The highest BCUT2D eigenvalue weighted by Crippen LogP contribution is 2.31. The molecule has 0 unspecified atom stereocenters. The van der Waals surface area contributed by atoms with Crippen LogP contribution >= 0.6 is 11.3 Å². The lowest BCUT2D eigenvalue weighted by Gasteiger charge is -1.92. The van der Waals surface area contributed by atoms with Crippen LogP contribution in [-0.2, 0) is 0 Å². The summed E-state index contributed by atoms with van der Waals surface area (Å²) in [5, 5.41) is 11.6. The Kier molecular flexibility index (Phi) is 2.53. The van der Waals surface area contributed by atoms with Gasteiger partial charge >= 0.3 is 0 Å². The maximum absolute atomic E-state index is 10.7. The highest BCUT2D eigenvalue weighted by molar-refractivity contribution is 7.21. The van der Waals surface area contributed by atoms with E-state index in [9.17, 15) is 10.1 Å². The SMILES string of the molecule is O=[N+]([O-])c1ccc2nc(-c3ccccc3)sc2c1. The minimum atomic E-state index is -0.388. The van der Waals surface area contributed by atoms with Crippen LogP contribution in [0.1, 0.15) is 0 Å². The lowest BCUT2D eigenvalue weighted by Crippen LogP contribution is -1.85. The van der Waals surface area contributed by atoms with E-state index in [2.05, 4.69) is 4.98 Å². The number of thiazole rings is 1. The average molecular weight is 256 g/mol. The van der Waals surface area contributed by atoms with Gasteiger partial charge in [0, 0.05) is 17.7 Å². The van der Waals surface area contributed by atoms with Crippen molar-refractivity contribution in [1.29, 1.82) is 0 Å². The molecule has 88 valence electrons. The van der Waals surface area contributed by atoms with Crippen LogP contribution in [0.25, 0.3) is 20.8 Å². The van der Waals surface area contributed by atoms with Crippen molar-refractivity contribution in [2.75, 3.05) is 0 Å². The Morgan fingerprint density at radius 3 is 2.61 bits per heavy atom. The first-order chi connectivity index (χ1) is 8.74. The lowest BCUT2D eigenvalue weighted by molar-refractivity contribution is -0.384. The summed E-state index contributed by atoms with van der Waals surface area (Å²) in [4.78, 5) is 14.8. The minimum absolute atomic E-state index is 0.103. The van der Waals surface area contributed by atoms with E-state index in [1.54, 1.807) is 12.1 Å². The number of hydrogen-bond acceptors (Lipinski definition) is 4. The predicted molar refractivity (Wildman–Crippen MR) is 71.7 cm³/mol. The third kappa shape index (κ3) is 1.84. The number of nitro groups is 1. The van der Waals surface area contributed by atoms with Gasteiger partial charge in [0.1, 0.15) is 5.01 Å². The Labute approximate surface area is 107 Å². The van der Waals surface area contributed by atoms with Gasteiger partial charge < -0.3 is 0 Å². The normalized spacial score (nSPS) is 10.7. The molecule has 2 aromatic carbocycles. The maximum atomic E-state index is 10.7. The second-order valence-corrected chi connectivity index (χ2v) is 4.82. The summed E-state index contributed by atoms with van der Waals surface area (Å²) in [6.45, 7) is 0. The third-order valence-corrected chi connectivity index (χ3v) is 3.67. The summed E-state index contributed by atoms with van der Waals surface area (Å²) in [5.41, 5.74) is 1.93. The Hall–Kier alpha value is -2.27. The van der Waals surface area contributed by atoms with Crippen LogP contribution in [0.4, 0.5) is 5.69 Å². The monoisotopic (exact) mass is 256 g/mol. The van der Waals surface area contributed by atoms with Crippen LogP contribution in [0.2, 0.25) is 0 Å². The summed E-state index contributed by atoms with van der Waals surface area (Å²) >= 11 is 1.47. The zero-order chi connectivity index (χ0) is 12.5. The Bertz CT molecular complexity index is 722. The second kappa shape index (κ2) is 4.19. The van der Waals surface area contributed by atoms with Gasteiger partial charge in [-0.2, -0.15) is 0 Å². The topological polar surface area (TPSA) is 56.0 Å². The van der Waals surface area contributed by atoms with Crippen LogP contribution in [0.15, 0.2) is 48.5 Å². The summed E-state index contributed by atoms with van der Waals surface area (Å²) in [6, 6.07) is 14.5. The van der Waals surface area contributed by atoms with Gasteiger partial charge in [-0.1, -0.05) is 30.3 Å². The van der Waals surface area contributed by atoms with Gasteiger partial charge in [0.25, 0.3) is 5.69 Å². The van der Waals surface area contributed by atoms with E-state index < -0.39 is 0 Å². The van der Waals surface area contributed by atoms with Gasteiger partial charge in [-0.05, 0) is 6.07 Å². The smallest absolute Gasteiger partial charge is 0.258 e. The molecular weight excluding hydrogens is 248 g/mol. The molecule has 0 N–H and O–H groups in total. The minimum Gasteiger partial charge on any atom is -0.258 e. The van der Waals surface area contributed by atoms with Crippen LogP contribution in [0.5, 0.6) is 0 Å². The van der Waals surface area contributed by atoms with Crippen molar-refractivity contribution in [3.05, 3.63) is 58.6 Å². The fourth-order valence-corrected chi connectivity index (χ4v) is 2.74. The molecule has 0 saturated carbocycles. The van der Waals surface area contributed by atoms with Gasteiger partial charge in [-0.3, -0.25) is 10.1 Å². The number of benzene rings is 2. The molecule has 0 aliphatic heterocycles. The number of rotatable bonds is 2. The van der Waals surface area contributed by atoms with E-state index in [0.717, 1.165) is 20.8 Å². The number of hydrogen-bond donors (Lipinski definition) is 0. The molecule has 0 aliphatic carbocycles. The molecule has 1 aromatic heterocycles. The number of fused-ring (bicyclic) bond motifs is 1. The first kappa shape index (κ1) is 10.9. The predicted octanol–water partition coefficient (Wildman–Crippen LogP) is 3.87. The van der Waals surface area contributed by atoms with Crippen LogP contribution in [0.3, 0.4) is 0 Å². The first-order valence-electron chi connectivity index (χ1n) is 5.34. The average Bonchev–Trinajstić information content (AvgIpc) is 2.82. The van der Waals surface area contributed by atoms with Crippen molar-refractivity contribution in [3.8, 4) is 10.6 Å². The highest BCUT2D eigenvalue weighted by Gasteiger charge is 2.10. The van der Waals surface area contributed by atoms with Crippen molar-refractivity contribution in [2.45, 2.75) is 0 Å². The van der Waals surface area contributed by atoms with Gasteiger partial charge in [-0.15, -0.1) is 11.3 Å². The van der Waals surface area contributed by atoms with E-state index in [1.807, 2.05) is 30.3 Å². The molecule has 1 heterocycles. The van der Waals surface area contributed by atoms with Crippen molar-refractivity contribution < 1.29 is 4.92 Å². The summed E-state index contributed by atoms with van der Waals surface area (Å²) in [7, 11) is 0. The van der Waals surface area contributed by atoms with Crippen molar-refractivity contribution in [1.82, 2.24) is 4.98 Å². The van der Waals surface area contributed by atoms with Gasteiger partial charge in [0.2, 0.25) is 0 Å². The third-order valence-electron chi connectivity index (χ3n) is 2.60. The van der Waals surface area contributed by atoms with Gasteiger partial charge in [0.05, 0.1) is 15.1 Å². The van der Waals surface area contributed by atoms with Gasteiger partial charge in [0.15, 0.2) is 0 Å². The lowest BCUT2D eigenvalue weighted by atomic mass is 10.2. The molecule has 3 rings (SSSR count). The molecule has 0 bridgehead atoms. The molecule has 3 aromatic rings. The Morgan fingerprint density at radius 1 is 1.11 bits per heavy atom. The number of non-ortho nitro benzene ring substituents is 1. The molecular formula is C13H8N2O2S.